The third-order valence-electron chi connectivity index (χ3n) is 3.10. The average molecular weight is 351 g/mol. The van der Waals surface area contributed by atoms with Gasteiger partial charge in [-0.3, -0.25) is 9.59 Å². The van der Waals surface area contributed by atoms with Crippen LogP contribution < -0.4 is 10.6 Å². The molecule has 2 amide bonds. The van der Waals surface area contributed by atoms with Gasteiger partial charge in [-0.1, -0.05) is 36.2 Å². The number of hydrogen-bond acceptors (Lipinski definition) is 2. The van der Waals surface area contributed by atoms with E-state index in [1.54, 1.807) is 42.5 Å². The highest BCUT2D eigenvalue weighted by Gasteiger charge is 2.12. The predicted molar refractivity (Wildman–Crippen MR) is 93.5 cm³/mol. The molecule has 0 atom stereocenters. The highest BCUT2D eigenvalue weighted by Crippen LogP contribution is 2.25. The summed E-state index contributed by atoms with van der Waals surface area (Å²) < 4.78 is 0. The summed E-state index contributed by atoms with van der Waals surface area (Å²) in [6.45, 7) is 2.56. The van der Waals surface area contributed by atoms with E-state index in [1.807, 2.05) is 6.92 Å². The van der Waals surface area contributed by atoms with Gasteiger partial charge in [0.2, 0.25) is 0 Å². The van der Waals surface area contributed by atoms with Crippen molar-refractivity contribution in [3.63, 3.8) is 0 Å². The SMILES string of the molecule is CCCNC(=O)c1cccc(C(=O)Nc2cc(Cl)ccc2Cl)c1. The molecule has 0 aliphatic rings. The van der Waals surface area contributed by atoms with Crippen LogP contribution in [0.1, 0.15) is 34.1 Å². The molecule has 2 rings (SSSR count). The molecule has 0 aromatic heterocycles. The molecule has 2 aromatic carbocycles. The molecule has 23 heavy (non-hydrogen) atoms. The summed E-state index contributed by atoms with van der Waals surface area (Å²) in [7, 11) is 0. The van der Waals surface area contributed by atoms with Crippen molar-refractivity contribution in [1.82, 2.24) is 5.32 Å². The minimum Gasteiger partial charge on any atom is -0.352 e. The van der Waals surface area contributed by atoms with E-state index in [4.69, 9.17) is 23.2 Å². The number of halogens is 2. The fourth-order valence-corrected chi connectivity index (χ4v) is 2.27. The second-order valence-electron chi connectivity index (χ2n) is 4.91. The van der Waals surface area contributed by atoms with Gasteiger partial charge in [0, 0.05) is 22.7 Å². The Morgan fingerprint density at radius 3 is 2.39 bits per heavy atom. The number of carbonyl (C=O) groups excluding carboxylic acids is 2. The third-order valence-corrected chi connectivity index (χ3v) is 3.66. The number of anilines is 1. The summed E-state index contributed by atoms with van der Waals surface area (Å²) in [6.07, 6.45) is 0.846. The molecule has 0 heterocycles. The first-order valence-corrected chi connectivity index (χ1v) is 7.91. The van der Waals surface area contributed by atoms with E-state index in [9.17, 15) is 9.59 Å². The molecule has 0 fully saturated rings. The van der Waals surface area contributed by atoms with Crippen molar-refractivity contribution in [3.05, 3.63) is 63.6 Å². The molecule has 2 N–H and O–H groups in total. The van der Waals surface area contributed by atoms with Gasteiger partial charge in [-0.15, -0.1) is 0 Å². The minimum absolute atomic E-state index is 0.206. The zero-order valence-corrected chi connectivity index (χ0v) is 14.0. The predicted octanol–water partition coefficient (Wildman–Crippen LogP) is 4.39. The number of carbonyl (C=O) groups is 2. The molecule has 120 valence electrons. The lowest BCUT2D eigenvalue weighted by atomic mass is 10.1. The highest BCUT2D eigenvalue weighted by atomic mass is 35.5. The van der Waals surface area contributed by atoms with Crippen LogP contribution in [0.5, 0.6) is 0 Å². The number of nitrogens with one attached hydrogen (secondary N) is 2. The monoisotopic (exact) mass is 350 g/mol. The number of amides is 2. The normalized spacial score (nSPS) is 10.2. The van der Waals surface area contributed by atoms with Gasteiger partial charge in [-0.25, -0.2) is 0 Å². The molecule has 0 saturated carbocycles. The summed E-state index contributed by atoms with van der Waals surface area (Å²) in [6, 6.07) is 11.3. The van der Waals surface area contributed by atoms with Crippen LogP contribution in [0.4, 0.5) is 5.69 Å². The Hall–Kier alpha value is -2.04. The van der Waals surface area contributed by atoms with Gasteiger partial charge in [0.25, 0.3) is 11.8 Å². The molecule has 0 unspecified atom stereocenters. The Morgan fingerprint density at radius 2 is 1.70 bits per heavy atom. The van der Waals surface area contributed by atoms with E-state index in [1.165, 1.54) is 0 Å². The van der Waals surface area contributed by atoms with Crippen molar-refractivity contribution in [2.24, 2.45) is 0 Å². The van der Waals surface area contributed by atoms with E-state index in [0.717, 1.165) is 6.42 Å². The van der Waals surface area contributed by atoms with Gasteiger partial charge in [0.15, 0.2) is 0 Å². The summed E-state index contributed by atoms with van der Waals surface area (Å²) >= 11 is 11.9. The largest absolute Gasteiger partial charge is 0.352 e. The average Bonchev–Trinajstić information content (AvgIpc) is 2.56. The first-order chi connectivity index (χ1) is 11.0. The maximum atomic E-state index is 12.3. The molecular formula is C17H16Cl2N2O2. The van der Waals surface area contributed by atoms with Gasteiger partial charge < -0.3 is 10.6 Å². The Bertz CT molecular complexity index is 732. The fraction of sp³-hybridized carbons (Fsp3) is 0.176. The van der Waals surface area contributed by atoms with Crippen LogP contribution in [-0.4, -0.2) is 18.4 Å². The first kappa shape index (κ1) is 17.3. The Balaban J connectivity index is 2.16. The molecule has 0 bridgehead atoms. The van der Waals surface area contributed by atoms with Gasteiger partial charge in [-0.2, -0.15) is 0 Å². The standard InChI is InChI=1S/C17H16Cl2N2O2/c1-2-8-20-16(22)11-4-3-5-12(9-11)17(23)21-15-10-13(18)6-7-14(15)19/h3-7,9-10H,2,8H2,1H3,(H,20,22)(H,21,23). The molecule has 4 nitrogen and oxygen atoms in total. The second kappa shape index (κ2) is 7.99. The Morgan fingerprint density at radius 1 is 1.00 bits per heavy atom. The molecule has 0 saturated heterocycles. The van der Waals surface area contributed by atoms with Crippen LogP contribution in [-0.2, 0) is 0 Å². The van der Waals surface area contributed by atoms with Crippen molar-refractivity contribution in [3.8, 4) is 0 Å². The lowest BCUT2D eigenvalue weighted by Gasteiger charge is -2.09. The molecular weight excluding hydrogens is 335 g/mol. The number of rotatable bonds is 5. The Labute approximate surface area is 144 Å². The van der Waals surface area contributed by atoms with Crippen LogP contribution in [0.15, 0.2) is 42.5 Å². The molecule has 0 radical (unpaired) electrons. The number of benzene rings is 2. The summed E-state index contributed by atoms with van der Waals surface area (Å²) in [5, 5.41) is 6.32. The minimum atomic E-state index is -0.362. The van der Waals surface area contributed by atoms with Crippen LogP contribution in [0.2, 0.25) is 10.0 Å². The van der Waals surface area contributed by atoms with E-state index < -0.39 is 0 Å². The zero-order valence-electron chi connectivity index (χ0n) is 12.5. The van der Waals surface area contributed by atoms with E-state index in [0.29, 0.717) is 33.4 Å². The van der Waals surface area contributed by atoms with Crippen molar-refractivity contribution in [2.75, 3.05) is 11.9 Å². The van der Waals surface area contributed by atoms with Crippen molar-refractivity contribution in [1.29, 1.82) is 0 Å². The lowest BCUT2D eigenvalue weighted by Crippen LogP contribution is -2.24. The summed E-state index contributed by atoms with van der Waals surface area (Å²) in [4.78, 5) is 24.3. The first-order valence-electron chi connectivity index (χ1n) is 7.16. The lowest BCUT2D eigenvalue weighted by molar-refractivity contribution is 0.0953. The van der Waals surface area contributed by atoms with Crippen LogP contribution >= 0.6 is 23.2 Å². The van der Waals surface area contributed by atoms with E-state index in [-0.39, 0.29) is 11.8 Å². The molecule has 0 aliphatic heterocycles. The summed E-state index contributed by atoms with van der Waals surface area (Å²) in [5.74, 6) is -0.568. The maximum absolute atomic E-state index is 12.3. The van der Waals surface area contributed by atoms with Crippen molar-refractivity contribution in [2.45, 2.75) is 13.3 Å². The zero-order chi connectivity index (χ0) is 16.8. The second-order valence-corrected chi connectivity index (χ2v) is 5.76. The van der Waals surface area contributed by atoms with Crippen molar-refractivity contribution < 1.29 is 9.59 Å². The van der Waals surface area contributed by atoms with Gasteiger partial charge in [0.05, 0.1) is 10.7 Å². The quantitative estimate of drug-likeness (QED) is 0.840. The van der Waals surface area contributed by atoms with Crippen molar-refractivity contribution >= 4 is 40.7 Å². The Kier molecular flexibility index (Phi) is 6.02. The molecule has 2 aromatic rings. The molecule has 0 aliphatic carbocycles. The van der Waals surface area contributed by atoms with Gasteiger partial charge in [0.1, 0.15) is 0 Å². The van der Waals surface area contributed by atoms with Crippen LogP contribution in [0.3, 0.4) is 0 Å². The van der Waals surface area contributed by atoms with E-state index >= 15 is 0 Å². The van der Waals surface area contributed by atoms with Crippen LogP contribution in [0, 0.1) is 0 Å². The van der Waals surface area contributed by atoms with Gasteiger partial charge in [-0.05, 0) is 42.8 Å². The fourth-order valence-electron chi connectivity index (χ4n) is 1.93. The molecule has 6 heteroatoms. The topological polar surface area (TPSA) is 58.2 Å². The van der Waals surface area contributed by atoms with Gasteiger partial charge >= 0.3 is 0 Å². The third kappa shape index (κ3) is 4.71. The highest BCUT2D eigenvalue weighted by molar-refractivity contribution is 6.35. The van der Waals surface area contributed by atoms with Crippen LogP contribution in [0.25, 0.3) is 0 Å². The smallest absolute Gasteiger partial charge is 0.255 e. The summed E-state index contributed by atoms with van der Waals surface area (Å²) in [5.41, 5.74) is 1.22. The maximum Gasteiger partial charge on any atom is 0.255 e. The number of hydrogen-bond donors (Lipinski definition) is 2. The van der Waals surface area contributed by atoms with E-state index in [2.05, 4.69) is 10.6 Å². The molecule has 0 spiro atoms.